The standard InChI is InChI=1S/C14H30N2/c1-12(7-5-8-13(2)15)11-16-10-6-9-14(16,3)4/h12-13H,5-11,15H2,1-4H3. The van der Waals surface area contributed by atoms with E-state index in [0.717, 1.165) is 5.92 Å². The van der Waals surface area contributed by atoms with Crippen molar-refractivity contribution in [3.8, 4) is 0 Å². The Morgan fingerprint density at radius 1 is 1.25 bits per heavy atom. The predicted molar refractivity (Wildman–Crippen MR) is 71.6 cm³/mol. The van der Waals surface area contributed by atoms with Crippen LogP contribution in [-0.2, 0) is 0 Å². The molecule has 1 aliphatic heterocycles. The molecule has 0 aromatic carbocycles. The molecule has 2 N–H and O–H groups in total. The Balaban J connectivity index is 2.21. The summed E-state index contributed by atoms with van der Waals surface area (Å²) < 4.78 is 0. The highest BCUT2D eigenvalue weighted by molar-refractivity contribution is 4.88. The fourth-order valence-electron chi connectivity index (χ4n) is 2.76. The Morgan fingerprint density at radius 3 is 2.44 bits per heavy atom. The van der Waals surface area contributed by atoms with Gasteiger partial charge in [0, 0.05) is 18.1 Å². The summed E-state index contributed by atoms with van der Waals surface area (Å²) in [6.07, 6.45) is 6.52. The van der Waals surface area contributed by atoms with Crippen LogP contribution in [0.15, 0.2) is 0 Å². The van der Waals surface area contributed by atoms with Crippen molar-refractivity contribution in [1.82, 2.24) is 4.90 Å². The minimum atomic E-state index is 0.371. The Bertz CT molecular complexity index is 199. The van der Waals surface area contributed by atoms with E-state index in [2.05, 4.69) is 32.6 Å². The van der Waals surface area contributed by atoms with Crippen LogP contribution in [0.3, 0.4) is 0 Å². The molecule has 2 atom stereocenters. The highest BCUT2D eigenvalue weighted by Crippen LogP contribution is 2.29. The molecule has 2 nitrogen and oxygen atoms in total. The van der Waals surface area contributed by atoms with Crippen molar-refractivity contribution < 1.29 is 0 Å². The van der Waals surface area contributed by atoms with Crippen LogP contribution < -0.4 is 5.73 Å². The molecule has 0 aromatic heterocycles. The number of nitrogens with two attached hydrogens (primary N) is 1. The van der Waals surface area contributed by atoms with Gasteiger partial charge in [0.05, 0.1) is 0 Å². The lowest BCUT2D eigenvalue weighted by molar-refractivity contribution is 0.148. The van der Waals surface area contributed by atoms with Gasteiger partial charge in [-0.1, -0.05) is 13.3 Å². The molecular formula is C14H30N2. The second-order valence-electron chi connectivity index (χ2n) is 6.38. The lowest BCUT2D eigenvalue weighted by Gasteiger charge is -2.33. The Morgan fingerprint density at radius 2 is 1.94 bits per heavy atom. The van der Waals surface area contributed by atoms with Gasteiger partial charge < -0.3 is 5.73 Å². The molecule has 16 heavy (non-hydrogen) atoms. The molecule has 0 saturated carbocycles. The van der Waals surface area contributed by atoms with Crippen LogP contribution >= 0.6 is 0 Å². The second-order valence-corrected chi connectivity index (χ2v) is 6.38. The summed E-state index contributed by atoms with van der Waals surface area (Å²) in [4.78, 5) is 2.67. The highest BCUT2D eigenvalue weighted by Gasteiger charge is 2.32. The molecule has 1 aliphatic rings. The van der Waals surface area contributed by atoms with Gasteiger partial charge in [-0.25, -0.2) is 0 Å². The van der Waals surface area contributed by atoms with Gasteiger partial charge in [0.2, 0.25) is 0 Å². The van der Waals surface area contributed by atoms with Gasteiger partial charge >= 0.3 is 0 Å². The summed E-state index contributed by atoms with van der Waals surface area (Å²) in [7, 11) is 0. The van der Waals surface area contributed by atoms with Crippen LogP contribution in [0.2, 0.25) is 0 Å². The van der Waals surface area contributed by atoms with E-state index in [9.17, 15) is 0 Å². The first-order chi connectivity index (χ1) is 7.42. The SMILES string of the molecule is CC(N)CCCC(C)CN1CCCC1(C)C. The summed E-state index contributed by atoms with van der Waals surface area (Å²) >= 11 is 0. The minimum Gasteiger partial charge on any atom is -0.328 e. The van der Waals surface area contributed by atoms with E-state index < -0.39 is 0 Å². The minimum absolute atomic E-state index is 0.371. The molecule has 0 aliphatic carbocycles. The molecule has 1 fully saturated rings. The molecule has 0 radical (unpaired) electrons. The van der Waals surface area contributed by atoms with E-state index in [1.807, 2.05) is 0 Å². The van der Waals surface area contributed by atoms with Gasteiger partial charge in [0.1, 0.15) is 0 Å². The third kappa shape index (κ3) is 4.42. The molecule has 1 heterocycles. The maximum Gasteiger partial charge on any atom is 0.0153 e. The third-order valence-corrected chi connectivity index (χ3v) is 3.96. The first kappa shape index (κ1) is 14.0. The van der Waals surface area contributed by atoms with Crippen LogP contribution in [0.5, 0.6) is 0 Å². The predicted octanol–water partition coefficient (Wildman–Crippen LogP) is 3.01. The van der Waals surface area contributed by atoms with Gasteiger partial charge in [-0.05, 0) is 58.9 Å². The van der Waals surface area contributed by atoms with Crippen molar-refractivity contribution in [2.24, 2.45) is 11.7 Å². The summed E-state index contributed by atoms with van der Waals surface area (Å²) in [5.74, 6) is 0.816. The van der Waals surface area contributed by atoms with E-state index >= 15 is 0 Å². The first-order valence-electron chi connectivity index (χ1n) is 6.92. The van der Waals surface area contributed by atoms with Crippen molar-refractivity contribution in [3.05, 3.63) is 0 Å². The third-order valence-electron chi connectivity index (χ3n) is 3.96. The number of hydrogen-bond donors (Lipinski definition) is 1. The zero-order valence-corrected chi connectivity index (χ0v) is 11.6. The Kier molecular flexibility index (Phi) is 5.26. The number of hydrogen-bond acceptors (Lipinski definition) is 2. The first-order valence-corrected chi connectivity index (χ1v) is 6.92. The fraction of sp³-hybridized carbons (Fsp3) is 1.00. The number of nitrogens with zero attached hydrogens (tertiary/aromatic N) is 1. The molecule has 96 valence electrons. The normalized spacial score (nSPS) is 24.6. The van der Waals surface area contributed by atoms with E-state index in [1.54, 1.807) is 0 Å². The van der Waals surface area contributed by atoms with Crippen molar-refractivity contribution in [2.75, 3.05) is 13.1 Å². The van der Waals surface area contributed by atoms with E-state index in [1.165, 1.54) is 45.2 Å². The summed E-state index contributed by atoms with van der Waals surface area (Å²) in [6.45, 7) is 11.8. The van der Waals surface area contributed by atoms with Crippen molar-refractivity contribution in [1.29, 1.82) is 0 Å². The maximum absolute atomic E-state index is 5.77. The molecule has 0 bridgehead atoms. The molecular weight excluding hydrogens is 196 g/mol. The quantitative estimate of drug-likeness (QED) is 0.754. The topological polar surface area (TPSA) is 29.3 Å². The zero-order chi connectivity index (χ0) is 12.2. The average Bonchev–Trinajstić information content (AvgIpc) is 2.45. The van der Waals surface area contributed by atoms with E-state index in [0.29, 0.717) is 11.6 Å². The molecule has 0 aromatic rings. The lowest BCUT2D eigenvalue weighted by atomic mass is 9.98. The molecule has 0 spiro atoms. The van der Waals surface area contributed by atoms with Crippen LogP contribution in [0.1, 0.15) is 59.8 Å². The van der Waals surface area contributed by atoms with Gasteiger partial charge in [0.25, 0.3) is 0 Å². The van der Waals surface area contributed by atoms with Crippen LogP contribution in [0, 0.1) is 5.92 Å². The van der Waals surface area contributed by atoms with Gasteiger partial charge in [-0.15, -0.1) is 0 Å². The summed E-state index contributed by atoms with van der Waals surface area (Å²) in [6, 6.07) is 0.371. The molecule has 2 unspecified atom stereocenters. The largest absolute Gasteiger partial charge is 0.328 e. The number of likely N-dealkylation sites (tertiary alicyclic amines) is 1. The Labute approximate surface area is 102 Å². The lowest BCUT2D eigenvalue weighted by Crippen LogP contribution is -2.40. The highest BCUT2D eigenvalue weighted by atomic mass is 15.2. The average molecular weight is 226 g/mol. The second kappa shape index (κ2) is 6.02. The van der Waals surface area contributed by atoms with Crippen molar-refractivity contribution in [3.63, 3.8) is 0 Å². The summed E-state index contributed by atoms with van der Waals surface area (Å²) in [5.41, 5.74) is 6.21. The van der Waals surface area contributed by atoms with Crippen molar-refractivity contribution >= 4 is 0 Å². The van der Waals surface area contributed by atoms with Gasteiger partial charge in [-0.2, -0.15) is 0 Å². The molecule has 1 rings (SSSR count). The molecule has 1 saturated heterocycles. The van der Waals surface area contributed by atoms with Gasteiger partial charge in [-0.3, -0.25) is 4.90 Å². The molecule has 2 heteroatoms. The van der Waals surface area contributed by atoms with Crippen LogP contribution in [-0.4, -0.2) is 29.6 Å². The Hall–Kier alpha value is -0.0800. The van der Waals surface area contributed by atoms with E-state index in [4.69, 9.17) is 5.73 Å². The van der Waals surface area contributed by atoms with Crippen LogP contribution in [0.25, 0.3) is 0 Å². The van der Waals surface area contributed by atoms with Gasteiger partial charge in [0.15, 0.2) is 0 Å². The maximum atomic E-state index is 5.77. The molecule has 0 amide bonds. The van der Waals surface area contributed by atoms with Crippen molar-refractivity contribution in [2.45, 2.75) is 71.4 Å². The fourth-order valence-corrected chi connectivity index (χ4v) is 2.76. The van der Waals surface area contributed by atoms with Crippen LogP contribution in [0.4, 0.5) is 0 Å². The smallest absolute Gasteiger partial charge is 0.0153 e. The number of rotatable bonds is 6. The summed E-state index contributed by atoms with van der Waals surface area (Å²) in [5, 5.41) is 0. The monoisotopic (exact) mass is 226 g/mol. The zero-order valence-electron chi connectivity index (χ0n) is 11.6. The van der Waals surface area contributed by atoms with E-state index in [-0.39, 0.29) is 0 Å².